The van der Waals surface area contributed by atoms with Gasteiger partial charge in [-0.2, -0.15) is 17.0 Å². The largest absolute Gasteiger partial charge is 0.325 e. The third kappa shape index (κ3) is 4.76. The molecule has 0 unspecified atom stereocenters. The van der Waals surface area contributed by atoms with E-state index in [4.69, 9.17) is 0 Å². The Hall–Kier alpha value is -2.29. The van der Waals surface area contributed by atoms with Crippen molar-refractivity contribution in [1.29, 1.82) is 0 Å². The van der Waals surface area contributed by atoms with Gasteiger partial charge in [-0.05, 0) is 43.5 Å². The standard InChI is InChI=1S/C20H24FN3O3S/c1-15-5-3-6-17(11-15)13-23-9-4-10-24(28(23,26)27)14-20(25)22-18-8-7-16(2)19(21)12-18/h3,5-8,11-12H,4,9-10,13-14H2,1-2H3,(H,22,25). The van der Waals surface area contributed by atoms with Gasteiger partial charge in [0.1, 0.15) is 5.82 Å². The highest BCUT2D eigenvalue weighted by atomic mass is 32.2. The van der Waals surface area contributed by atoms with Crippen LogP contribution in [0.1, 0.15) is 23.1 Å². The molecule has 1 N–H and O–H groups in total. The van der Waals surface area contributed by atoms with Crippen molar-refractivity contribution < 1.29 is 17.6 Å². The third-order valence-electron chi connectivity index (χ3n) is 4.68. The Morgan fingerprint density at radius 2 is 1.86 bits per heavy atom. The van der Waals surface area contributed by atoms with E-state index in [2.05, 4.69) is 5.32 Å². The summed E-state index contributed by atoms with van der Waals surface area (Å²) in [5, 5.41) is 2.56. The average Bonchev–Trinajstić information content (AvgIpc) is 2.62. The normalized spacial score (nSPS) is 17.4. The fourth-order valence-electron chi connectivity index (χ4n) is 3.18. The summed E-state index contributed by atoms with van der Waals surface area (Å²) in [7, 11) is -3.75. The quantitative estimate of drug-likeness (QED) is 0.832. The number of amides is 1. The molecule has 8 heteroatoms. The molecule has 0 radical (unpaired) electrons. The molecule has 1 aliphatic rings. The van der Waals surface area contributed by atoms with Gasteiger partial charge in [-0.15, -0.1) is 0 Å². The van der Waals surface area contributed by atoms with Crippen molar-refractivity contribution in [3.63, 3.8) is 0 Å². The van der Waals surface area contributed by atoms with Crippen LogP contribution in [0.3, 0.4) is 0 Å². The number of nitrogens with one attached hydrogen (secondary N) is 1. The predicted octanol–water partition coefficient (Wildman–Crippen LogP) is 2.83. The van der Waals surface area contributed by atoms with Crippen LogP contribution in [0.5, 0.6) is 0 Å². The lowest BCUT2D eigenvalue weighted by Crippen LogP contribution is -2.51. The van der Waals surface area contributed by atoms with Gasteiger partial charge in [0, 0.05) is 25.3 Å². The van der Waals surface area contributed by atoms with Crippen LogP contribution in [-0.4, -0.2) is 42.6 Å². The van der Waals surface area contributed by atoms with E-state index < -0.39 is 21.9 Å². The molecule has 6 nitrogen and oxygen atoms in total. The monoisotopic (exact) mass is 405 g/mol. The molecule has 2 aromatic rings. The van der Waals surface area contributed by atoms with Crippen molar-refractivity contribution in [1.82, 2.24) is 8.61 Å². The highest BCUT2D eigenvalue weighted by Gasteiger charge is 2.34. The second-order valence-electron chi connectivity index (χ2n) is 7.03. The minimum atomic E-state index is -3.75. The van der Waals surface area contributed by atoms with E-state index >= 15 is 0 Å². The Kier molecular flexibility index (Phi) is 6.12. The SMILES string of the molecule is Cc1cccc(CN2CCCN(CC(=O)Nc3ccc(C)c(F)c3)S2(=O)=O)c1. The van der Waals surface area contributed by atoms with Crippen molar-refractivity contribution in [3.8, 4) is 0 Å². The number of hydrogen-bond donors (Lipinski definition) is 1. The van der Waals surface area contributed by atoms with Crippen LogP contribution in [0, 0.1) is 19.7 Å². The summed E-state index contributed by atoms with van der Waals surface area (Å²) in [4.78, 5) is 12.3. The van der Waals surface area contributed by atoms with Gasteiger partial charge >= 0.3 is 0 Å². The van der Waals surface area contributed by atoms with E-state index in [-0.39, 0.29) is 19.6 Å². The van der Waals surface area contributed by atoms with Crippen LogP contribution in [0.2, 0.25) is 0 Å². The van der Waals surface area contributed by atoms with Gasteiger partial charge in [0.25, 0.3) is 10.2 Å². The topological polar surface area (TPSA) is 69.7 Å². The molecule has 28 heavy (non-hydrogen) atoms. The molecule has 0 bridgehead atoms. The lowest BCUT2D eigenvalue weighted by atomic mass is 10.1. The lowest BCUT2D eigenvalue weighted by molar-refractivity contribution is -0.116. The first-order valence-corrected chi connectivity index (χ1v) is 10.5. The van der Waals surface area contributed by atoms with Crippen LogP contribution >= 0.6 is 0 Å². The maximum Gasteiger partial charge on any atom is 0.282 e. The smallest absolute Gasteiger partial charge is 0.282 e. The van der Waals surface area contributed by atoms with Crippen molar-refractivity contribution in [3.05, 3.63) is 65.0 Å². The fourth-order valence-corrected chi connectivity index (χ4v) is 4.82. The zero-order valence-corrected chi connectivity index (χ0v) is 16.8. The molecule has 1 saturated heterocycles. The highest BCUT2D eigenvalue weighted by Crippen LogP contribution is 2.20. The molecule has 1 aliphatic heterocycles. The number of benzene rings is 2. The van der Waals surface area contributed by atoms with Crippen LogP contribution in [0.25, 0.3) is 0 Å². The van der Waals surface area contributed by atoms with Crippen LogP contribution in [0.4, 0.5) is 10.1 Å². The van der Waals surface area contributed by atoms with E-state index in [9.17, 15) is 17.6 Å². The van der Waals surface area contributed by atoms with Gasteiger partial charge in [-0.25, -0.2) is 4.39 Å². The number of carbonyl (C=O) groups excluding carboxylic acids is 1. The number of nitrogens with zero attached hydrogens (tertiary/aromatic N) is 2. The number of carbonyl (C=O) groups is 1. The molecule has 1 heterocycles. The summed E-state index contributed by atoms with van der Waals surface area (Å²) in [5.41, 5.74) is 2.75. The van der Waals surface area contributed by atoms with Crippen molar-refractivity contribution >= 4 is 21.8 Å². The first-order chi connectivity index (χ1) is 13.3. The summed E-state index contributed by atoms with van der Waals surface area (Å²) in [6.45, 7) is 4.25. The molecule has 3 rings (SSSR count). The molecule has 0 saturated carbocycles. The minimum absolute atomic E-state index is 0.269. The zero-order chi connectivity index (χ0) is 20.3. The molecule has 0 aliphatic carbocycles. The number of halogens is 1. The molecule has 150 valence electrons. The van der Waals surface area contributed by atoms with Crippen molar-refractivity contribution in [2.24, 2.45) is 0 Å². The molecule has 1 fully saturated rings. The molecule has 0 atom stereocenters. The fraction of sp³-hybridized carbons (Fsp3) is 0.350. The van der Waals surface area contributed by atoms with Gasteiger partial charge in [-0.3, -0.25) is 4.79 Å². The van der Waals surface area contributed by atoms with Gasteiger partial charge in [0.05, 0.1) is 6.54 Å². The van der Waals surface area contributed by atoms with Crippen molar-refractivity contribution in [2.45, 2.75) is 26.8 Å². The highest BCUT2D eigenvalue weighted by molar-refractivity contribution is 7.86. The Balaban J connectivity index is 1.67. The predicted molar refractivity (Wildman–Crippen MR) is 106 cm³/mol. The van der Waals surface area contributed by atoms with Crippen molar-refractivity contribution in [2.75, 3.05) is 25.0 Å². The minimum Gasteiger partial charge on any atom is -0.325 e. The Labute approximate surface area is 165 Å². The van der Waals surface area contributed by atoms with Gasteiger partial charge < -0.3 is 5.32 Å². The summed E-state index contributed by atoms with van der Waals surface area (Å²) < 4.78 is 42.0. The molecule has 1 amide bonds. The van der Waals surface area contributed by atoms with Gasteiger partial charge in [-0.1, -0.05) is 35.9 Å². The maximum atomic E-state index is 13.6. The third-order valence-corrected chi connectivity index (χ3v) is 6.61. The van der Waals surface area contributed by atoms with Crippen LogP contribution in [0.15, 0.2) is 42.5 Å². The maximum absolute atomic E-state index is 13.6. The zero-order valence-electron chi connectivity index (χ0n) is 16.0. The first-order valence-electron chi connectivity index (χ1n) is 9.12. The van der Waals surface area contributed by atoms with Gasteiger partial charge in [0.15, 0.2) is 0 Å². The molecule has 2 aromatic carbocycles. The lowest BCUT2D eigenvalue weighted by Gasteiger charge is -2.34. The molecular formula is C20H24FN3O3S. The second-order valence-corrected chi connectivity index (χ2v) is 8.96. The molecule has 0 spiro atoms. The first kappa shape index (κ1) is 20.4. The Morgan fingerprint density at radius 3 is 2.57 bits per heavy atom. The number of anilines is 1. The molecule has 0 aromatic heterocycles. The van der Waals surface area contributed by atoms with Crippen LogP contribution in [-0.2, 0) is 21.5 Å². The number of hydrogen-bond acceptors (Lipinski definition) is 3. The summed E-state index contributed by atoms with van der Waals surface area (Å²) in [5.74, 6) is -0.919. The van der Waals surface area contributed by atoms with E-state index in [1.165, 1.54) is 14.7 Å². The van der Waals surface area contributed by atoms with E-state index in [0.717, 1.165) is 11.1 Å². The summed E-state index contributed by atoms with van der Waals surface area (Å²) in [6.07, 6.45) is 0.636. The second kappa shape index (κ2) is 8.38. The van der Waals surface area contributed by atoms with E-state index in [0.29, 0.717) is 24.2 Å². The van der Waals surface area contributed by atoms with Crippen LogP contribution < -0.4 is 5.32 Å². The molecular weight excluding hydrogens is 381 g/mol. The van der Waals surface area contributed by atoms with E-state index in [1.54, 1.807) is 19.1 Å². The number of rotatable bonds is 5. The summed E-state index contributed by atoms with van der Waals surface area (Å²) in [6, 6.07) is 12.1. The van der Waals surface area contributed by atoms with Gasteiger partial charge in [0.2, 0.25) is 5.91 Å². The number of aryl methyl sites for hydroxylation is 2. The van der Waals surface area contributed by atoms with E-state index in [1.807, 2.05) is 31.2 Å². The summed E-state index contributed by atoms with van der Waals surface area (Å²) >= 11 is 0. The average molecular weight is 405 g/mol. The Morgan fingerprint density at radius 1 is 1.11 bits per heavy atom. The Bertz CT molecular complexity index is 978.